The van der Waals surface area contributed by atoms with Crippen molar-refractivity contribution in [2.45, 2.75) is 19.9 Å². The summed E-state index contributed by atoms with van der Waals surface area (Å²) < 4.78 is 0. The lowest BCUT2D eigenvalue weighted by molar-refractivity contribution is -0.117. The van der Waals surface area contributed by atoms with Gasteiger partial charge in [-0.3, -0.25) is 4.79 Å². The molecule has 1 aromatic rings. The standard InChI is InChI=1S/C9H14N4O/c1-2-11-6-7-3-4-12-9(13-7)5-8(10)14/h3-4,11H,2,5-6H2,1H3,(H2,10,14). The predicted octanol–water partition coefficient (Wildman–Crippen LogP) is -0.386. The number of nitrogens with one attached hydrogen (secondary N) is 1. The molecule has 0 aliphatic heterocycles. The van der Waals surface area contributed by atoms with E-state index < -0.39 is 5.91 Å². The molecule has 0 radical (unpaired) electrons. The molecule has 0 aromatic carbocycles. The fourth-order valence-electron chi connectivity index (χ4n) is 1.03. The van der Waals surface area contributed by atoms with Gasteiger partial charge in [0.2, 0.25) is 5.91 Å². The summed E-state index contributed by atoms with van der Waals surface area (Å²) in [6, 6.07) is 1.81. The lowest BCUT2D eigenvalue weighted by atomic mass is 10.3. The Hall–Kier alpha value is -1.49. The number of rotatable bonds is 5. The first-order valence-corrected chi connectivity index (χ1v) is 4.52. The van der Waals surface area contributed by atoms with Gasteiger partial charge < -0.3 is 11.1 Å². The average Bonchev–Trinajstić information content (AvgIpc) is 2.14. The maximum Gasteiger partial charge on any atom is 0.225 e. The summed E-state index contributed by atoms with van der Waals surface area (Å²) in [5.74, 6) is 0.0681. The summed E-state index contributed by atoms with van der Waals surface area (Å²) in [5.41, 5.74) is 5.91. The van der Waals surface area contributed by atoms with Crippen molar-refractivity contribution in [2.75, 3.05) is 6.54 Å². The number of amides is 1. The Kier molecular flexibility index (Phi) is 4.00. The SMILES string of the molecule is CCNCc1ccnc(CC(N)=O)n1. The van der Waals surface area contributed by atoms with Crippen molar-refractivity contribution in [2.24, 2.45) is 5.73 Å². The second kappa shape index (κ2) is 5.29. The molecule has 76 valence electrons. The van der Waals surface area contributed by atoms with Crippen LogP contribution in [-0.2, 0) is 17.8 Å². The van der Waals surface area contributed by atoms with Crippen LogP contribution in [0.2, 0.25) is 0 Å². The van der Waals surface area contributed by atoms with E-state index in [2.05, 4.69) is 15.3 Å². The highest BCUT2D eigenvalue weighted by Gasteiger charge is 2.02. The Morgan fingerprint density at radius 3 is 3.07 bits per heavy atom. The Bertz CT molecular complexity index is 313. The van der Waals surface area contributed by atoms with Crippen molar-refractivity contribution in [3.8, 4) is 0 Å². The Morgan fingerprint density at radius 1 is 1.64 bits per heavy atom. The number of carbonyl (C=O) groups excluding carboxylic acids is 1. The van der Waals surface area contributed by atoms with E-state index in [0.717, 1.165) is 12.2 Å². The zero-order chi connectivity index (χ0) is 10.4. The van der Waals surface area contributed by atoms with E-state index in [9.17, 15) is 4.79 Å². The highest BCUT2D eigenvalue weighted by molar-refractivity contribution is 5.75. The maximum absolute atomic E-state index is 10.6. The molecule has 1 aromatic heterocycles. The van der Waals surface area contributed by atoms with Crippen molar-refractivity contribution >= 4 is 5.91 Å². The molecular weight excluding hydrogens is 180 g/mol. The molecule has 0 saturated heterocycles. The van der Waals surface area contributed by atoms with E-state index in [-0.39, 0.29) is 6.42 Å². The quantitative estimate of drug-likeness (QED) is 0.669. The Labute approximate surface area is 82.7 Å². The first kappa shape index (κ1) is 10.6. The molecule has 0 atom stereocenters. The average molecular weight is 194 g/mol. The van der Waals surface area contributed by atoms with Crippen molar-refractivity contribution in [1.82, 2.24) is 15.3 Å². The zero-order valence-electron chi connectivity index (χ0n) is 8.16. The van der Waals surface area contributed by atoms with Crippen molar-refractivity contribution in [1.29, 1.82) is 0 Å². The fraction of sp³-hybridized carbons (Fsp3) is 0.444. The van der Waals surface area contributed by atoms with Gasteiger partial charge >= 0.3 is 0 Å². The lowest BCUT2D eigenvalue weighted by Crippen LogP contribution is -2.18. The van der Waals surface area contributed by atoms with Gasteiger partial charge in [0, 0.05) is 12.7 Å². The number of hydrogen-bond donors (Lipinski definition) is 2. The minimum atomic E-state index is -0.411. The molecule has 1 amide bonds. The van der Waals surface area contributed by atoms with Crippen LogP contribution in [0.4, 0.5) is 0 Å². The largest absolute Gasteiger partial charge is 0.369 e. The topological polar surface area (TPSA) is 80.9 Å². The molecule has 0 spiro atoms. The fourth-order valence-corrected chi connectivity index (χ4v) is 1.03. The number of primary amides is 1. The summed E-state index contributed by atoms with van der Waals surface area (Å²) >= 11 is 0. The minimum Gasteiger partial charge on any atom is -0.369 e. The molecule has 1 rings (SSSR count). The van der Waals surface area contributed by atoms with Gasteiger partial charge in [0.1, 0.15) is 5.82 Å². The van der Waals surface area contributed by atoms with Crippen molar-refractivity contribution < 1.29 is 4.79 Å². The first-order valence-electron chi connectivity index (χ1n) is 4.52. The van der Waals surface area contributed by atoms with Gasteiger partial charge in [0.15, 0.2) is 0 Å². The monoisotopic (exact) mass is 194 g/mol. The van der Waals surface area contributed by atoms with Crippen LogP contribution < -0.4 is 11.1 Å². The molecule has 0 saturated carbocycles. The highest BCUT2D eigenvalue weighted by Crippen LogP contribution is 1.95. The Balaban J connectivity index is 2.63. The van der Waals surface area contributed by atoms with Crippen molar-refractivity contribution in [3.63, 3.8) is 0 Å². The Morgan fingerprint density at radius 2 is 2.43 bits per heavy atom. The van der Waals surface area contributed by atoms with Gasteiger partial charge in [-0.1, -0.05) is 6.92 Å². The van der Waals surface area contributed by atoms with Gasteiger partial charge in [0.05, 0.1) is 12.1 Å². The third kappa shape index (κ3) is 3.49. The molecule has 14 heavy (non-hydrogen) atoms. The molecule has 0 aliphatic carbocycles. The van der Waals surface area contributed by atoms with E-state index >= 15 is 0 Å². The molecule has 0 unspecified atom stereocenters. The number of carbonyl (C=O) groups is 1. The smallest absolute Gasteiger partial charge is 0.225 e. The zero-order valence-corrected chi connectivity index (χ0v) is 8.16. The molecule has 5 nitrogen and oxygen atoms in total. The van der Waals surface area contributed by atoms with Crippen LogP contribution in [-0.4, -0.2) is 22.4 Å². The van der Waals surface area contributed by atoms with Crippen molar-refractivity contribution in [3.05, 3.63) is 23.8 Å². The predicted molar refractivity (Wildman–Crippen MR) is 52.3 cm³/mol. The lowest BCUT2D eigenvalue weighted by Gasteiger charge is -2.02. The van der Waals surface area contributed by atoms with Crippen LogP contribution in [0.15, 0.2) is 12.3 Å². The molecule has 3 N–H and O–H groups in total. The molecule has 5 heteroatoms. The van der Waals surface area contributed by atoms with E-state index in [1.165, 1.54) is 0 Å². The summed E-state index contributed by atoms with van der Waals surface area (Å²) in [5, 5.41) is 3.14. The van der Waals surface area contributed by atoms with Gasteiger partial charge in [-0.05, 0) is 12.6 Å². The van der Waals surface area contributed by atoms with E-state index in [0.29, 0.717) is 12.4 Å². The van der Waals surface area contributed by atoms with Crippen LogP contribution in [0.3, 0.4) is 0 Å². The first-order chi connectivity index (χ1) is 6.72. The second-order valence-electron chi connectivity index (χ2n) is 2.89. The normalized spacial score (nSPS) is 10.1. The van der Waals surface area contributed by atoms with E-state index in [1.807, 2.05) is 13.0 Å². The summed E-state index contributed by atoms with van der Waals surface area (Å²) in [7, 11) is 0. The number of hydrogen-bond acceptors (Lipinski definition) is 4. The minimum absolute atomic E-state index is 0.0972. The molecular formula is C9H14N4O. The highest BCUT2D eigenvalue weighted by atomic mass is 16.1. The summed E-state index contributed by atoms with van der Waals surface area (Å²) in [4.78, 5) is 18.7. The second-order valence-corrected chi connectivity index (χ2v) is 2.89. The van der Waals surface area contributed by atoms with Gasteiger partial charge in [-0.25, -0.2) is 9.97 Å². The number of nitrogens with two attached hydrogens (primary N) is 1. The molecule has 0 bridgehead atoms. The van der Waals surface area contributed by atoms with Gasteiger partial charge in [-0.2, -0.15) is 0 Å². The van der Waals surface area contributed by atoms with Gasteiger partial charge in [-0.15, -0.1) is 0 Å². The summed E-state index contributed by atoms with van der Waals surface area (Å²) in [6.45, 7) is 3.59. The van der Waals surface area contributed by atoms with Crippen LogP contribution in [0.1, 0.15) is 18.4 Å². The van der Waals surface area contributed by atoms with E-state index in [1.54, 1.807) is 6.20 Å². The van der Waals surface area contributed by atoms with Gasteiger partial charge in [0.25, 0.3) is 0 Å². The molecule has 0 aliphatic rings. The van der Waals surface area contributed by atoms with Crippen LogP contribution in [0.25, 0.3) is 0 Å². The summed E-state index contributed by atoms with van der Waals surface area (Å²) in [6.07, 6.45) is 1.73. The van der Waals surface area contributed by atoms with E-state index in [4.69, 9.17) is 5.73 Å². The van der Waals surface area contributed by atoms with Crippen LogP contribution in [0.5, 0.6) is 0 Å². The third-order valence-corrected chi connectivity index (χ3v) is 1.65. The third-order valence-electron chi connectivity index (χ3n) is 1.65. The number of aromatic nitrogens is 2. The molecule has 0 fully saturated rings. The number of nitrogens with zero attached hydrogens (tertiary/aromatic N) is 2. The van der Waals surface area contributed by atoms with Crippen LogP contribution >= 0.6 is 0 Å². The maximum atomic E-state index is 10.6. The molecule has 1 heterocycles. The van der Waals surface area contributed by atoms with Crippen LogP contribution in [0, 0.1) is 0 Å².